The number of fused-ring (bicyclic) bond motifs is 1. The summed E-state index contributed by atoms with van der Waals surface area (Å²) in [7, 11) is 1.44. The molecule has 0 amide bonds. The van der Waals surface area contributed by atoms with E-state index in [1.807, 2.05) is 0 Å². The molecule has 1 aromatic carbocycles. The van der Waals surface area contributed by atoms with Gasteiger partial charge in [0.1, 0.15) is 5.75 Å². The molecule has 2 aliphatic rings. The van der Waals surface area contributed by atoms with Gasteiger partial charge in [0.15, 0.2) is 17.9 Å². The first-order chi connectivity index (χ1) is 9.54. The number of benzene rings is 1. The molecule has 0 bridgehead atoms. The first-order valence-electron chi connectivity index (χ1n) is 6.37. The summed E-state index contributed by atoms with van der Waals surface area (Å²) >= 11 is 0. The zero-order chi connectivity index (χ0) is 14.4. The summed E-state index contributed by atoms with van der Waals surface area (Å²) in [5, 5.41) is 9.96. The Bertz CT molecular complexity index is 644. The van der Waals surface area contributed by atoms with Gasteiger partial charge in [-0.2, -0.15) is 0 Å². The Morgan fingerprint density at radius 1 is 1.30 bits per heavy atom. The molecule has 0 saturated carbocycles. The van der Waals surface area contributed by atoms with Gasteiger partial charge in [-0.25, -0.2) is 0 Å². The van der Waals surface area contributed by atoms with Crippen LogP contribution in [0.1, 0.15) is 34.1 Å². The second kappa shape index (κ2) is 4.54. The highest BCUT2D eigenvalue weighted by Crippen LogP contribution is 2.38. The number of carbonyl (C=O) groups excluding carboxylic acids is 2. The third-order valence-electron chi connectivity index (χ3n) is 3.66. The molecule has 0 radical (unpaired) electrons. The summed E-state index contributed by atoms with van der Waals surface area (Å²) < 4.78 is 10.4. The van der Waals surface area contributed by atoms with Crippen LogP contribution in [0.25, 0.3) is 0 Å². The minimum absolute atomic E-state index is 0.0464. The smallest absolute Gasteiger partial charge is 0.198 e. The van der Waals surface area contributed by atoms with Gasteiger partial charge >= 0.3 is 0 Å². The van der Waals surface area contributed by atoms with E-state index in [1.54, 1.807) is 25.1 Å². The molecular formula is C15H14O5. The summed E-state index contributed by atoms with van der Waals surface area (Å²) in [6.45, 7) is 1.76. The number of carbonyl (C=O) groups is 2. The summed E-state index contributed by atoms with van der Waals surface area (Å²) in [6, 6.07) is 4.90. The number of ether oxygens (including phenoxy) is 2. The van der Waals surface area contributed by atoms with Crippen molar-refractivity contribution in [2.24, 2.45) is 0 Å². The second-order valence-electron chi connectivity index (χ2n) is 4.94. The summed E-state index contributed by atoms with van der Waals surface area (Å²) in [5.74, 6) is -0.299. The van der Waals surface area contributed by atoms with E-state index in [-0.39, 0.29) is 23.0 Å². The number of hydrogen-bond acceptors (Lipinski definition) is 5. The fourth-order valence-corrected chi connectivity index (χ4v) is 2.77. The van der Waals surface area contributed by atoms with E-state index >= 15 is 0 Å². The van der Waals surface area contributed by atoms with Crippen molar-refractivity contribution in [3.05, 3.63) is 40.5 Å². The molecule has 1 aliphatic carbocycles. The van der Waals surface area contributed by atoms with Gasteiger partial charge in [0.25, 0.3) is 0 Å². The Morgan fingerprint density at radius 3 is 2.75 bits per heavy atom. The third-order valence-corrected chi connectivity index (χ3v) is 3.66. The zero-order valence-corrected chi connectivity index (χ0v) is 11.2. The summed E-state index contributed by atoms with van der Waals surface area (Å²) in [6.07, 6.45) is -1.33. The molecule has 3 rings (SSSR count). The van der Waals surface area contributed by atoms with Gasteiger partial charge in [-0.15, -0.1) is 0 Å². The van der Waals surface area contributed by atoms with Gasteiger partial charge in [0.2, 0.25) is 0 Å². The highest BCUT2D eigenvalue weighted by molar-refractivity contribution is 6.28. The van der Waals surface area contributed by atoms with E-state index in [2.05, 4.69) is 0 Å². The van der Waals surface area contributed by atoms with Crippen molar-refractivity contribution in [2.45, 2.75) is 25.7 Å². The molecule has 5 nitrogen and oxygen atoms in total. The molecule has 0 saturated heterocycles. The molecule has 20 heavy (non-hydrogen) atoms. The van der Waals surface area contributed by atoms with Gasteiger partial charge in [-0.3, -0.25) is 9.59 Å². The topological polar surface area (TPSA) is 72.8 Å². The molecule has 1 N–H and O–H groups in total. The van der Waals surface area contributed by atoms with Crippen LogP contribution in [-0.2, 0) is 4.74 Å². The normalized spacial score (nSPS) is 25.4. The lowest BCUT2D eigenvalue weighted by atomic mass is 9.80. The van der Waals surface area contributed by atoms with Crippen molar-refractivity contribution < 1.29 is 24.2 Å². The molecule has 5 heteroatoms. The Labute approximate surface area is 115 Å². The molecule has 0 spiro atoms. The Hall–Kier alpha value is -1.98. The van der Waals surface area contributed by atoms with Crippen LogP contribution in [0.4, 0.5) is 0 Å². The molecule has 1 aliphatic heterocycles. The second-order valence-corrected chi connectivity index (χ2v) is 4.94. The van der Waals surface area contributed by atoms with E-state index in [0.717, 1.165) is 0 Å². The Morgan fingerprint density at radius 2 is 2.05 bits per heavy atom. The van der Waals surface area contributed by atoms with Crippen LogP contribution in [0, 0.1) is 0 Å². The monoisotopic (exact) mass is 274 g/mol. The minimum atomic E-state index is -1.36. The van der Waals surface area contributed by atoms with Crippen molar-refractivity contribution >= 4 is 11.6 Å². The van der Waals surface area contributed by atoms with Crippen LogP contribution < -0.4 is 4.74 Å². The molecule has 0 fully saturated rings. The number of aliphatic hydroxyl groups is 1. The Kier molecular flexibility index (Phi) is 2.96. The molecular weight excluding hydrogens is 260 g/mol. The first-order valence-corrected chi connectivity index (χ1v) is 6.37. The van der Waals surface area contributed by atoms with Crippen molar-refractivity contribution in [1.82, 2.24) is 0 Å². The number of ketones is 2. The average Bonchev–Trinajstić information content (AvgIpc) is 2.43. The van der Waals surface area contributed by atoms with E-state index < -0.39 is 12.1 Å². The van der Waals surface area contributed by atoms with Gasteiger partial charge in [0, 0.05) is 17.6 Å². The predicted octanol–water partition coefficient (Wildman–Crippen LogP) is 1.50. The lowest BCUT2D eigenvalue weighted by molar-refractivity contribution is -0.112. The summed E-state index contributed by atoms with van der Waals surface area (Å²) in [4.78, 5) is 25.1. The molecule has 2 atom stereocenters. The van der Waals surface area contributed by atoms with Crippen LogP contribution in [0.15, 0.2) is 29.3 Å². The predicted molar refractivity (Wildman–Crippen MR) is 69.9 cm³/mol. The lowest BCUT2D eigenvalue weighted by Gasteiger charge is -2.31. The van der Waals surface area contributed by atoms with Crippen molar-refractivity contribution in [3.63, 3.8) is 0 Å². The van der Waals surface area contributed by atoms with Gasteiger partial charge < -0.3 is 14.6 Å². The fraction of sp³-hybridized carbons (Fsp3) is 0.333. The summed E-state index contributed by atoms with van der Waals surface area (Å²) in [5.41, 5.74) is 0.928. The van der Waals surface area contributed by atoms with Crippen LogP contribution in [0.2, 0.25) is 0 Å². The molecule has 0 unspecified atom stereocenters. The fourth-order valence-electron chi connectivity index (χ4n) is 2.77. The van der Waals surface area contributed by atoms with Gasteiger partial charge in [0.05, 0.1) is 24.4 Å². The van der Waals surface area contributed by atoms with Crippen molar-refractivity contribution in [2.75, 3.05) is 7.11 Å². The number of hydrogen-bond donors (Lipinski definition) is 1. The molecule has 1 aromatic rings. The lowest BCUT2D eigenvalue weighted by Crippen LogP contribution is -2.37. The zero-order valence-electron chi connectivity index (χ0n) is 11.2. The van der Waals surface area contributed by atoms with Crippen molar-refractivity contribution in [3.8, 4) is 5.75 Å². The maximum absolute atomic E-state index is 12.6. The highest BCUT2D eigenvalue weighted by Gasteiger charge is 2.41. The van der Waals surface area contributed by atoms with Crippen LogP contribution in [0.3, 0.4) is 0 Å². The van der Waals surface area contributed by atoms with E-state index in [4.69, 9.17) is 9.47 Å². The van der Waals surface area contributed by atoms with Crippen LogP contribution in [-0.4, -0.2) is 36.2 Å². The quantitative estimate of drug-likeness (QED) is 0.840. The van der Waals surface area contributed by atoms with Crippen LogP contribution >= 0.6 is 0 Å². The number of aliphatic hydroxyl groups excluding tert-OH is 1. The molecule has 104 valence electrons. The first kappa shape index (κ1) is 13.0. The minimum Gasteiger partial charge on any atom is -0.496 e. The van der Waals surface area contributed by atoms with Crippen LogP contribution in [0.5, 0.6) is 5.75 Å². The van der Waals surface area contributed by atoms with E-state index in [1.165, 1.54) is 7.11 Å². The number of methoxy groups -OCH3 is 1. The number of Topliss-reactive ketones (excluding diaryl/α,β-unsaturated/α-hetero) is 2. The SMILES string of the molecule is COc1cccc2c1C(=O)C1=C(C[C@H](C)O[C@H]1O)C2=O. The molecule has 0 aromatic heterocycles. The van der Waals surface area contributed by atoms with Crippen molar-refractivity contribution in [1.29, 1.82) is 0 Å². The third kappa shape index (κ3) is 1.71. The standard InChI is InChI=1S/C15H14O5/c1-7-6-9-12(15(18)20-7)14(17)11-8(13(9)16)4-3-5-10(11)19-2/h3-5,7,15,18H,6H2,1-2H3/t7-,15+/m0/s1. The maximum Gasteiger partial charge on any atom is 0.198 e. The largest absolute Gasteiger partial charge is 0.496 e. The van der Waals surface area contributed by atoms with Gasteiger partial charge in [-0.05, 0) is 13.0 Å². The number of rotatable bonds is 1. The maximum atomic E-state index is 12.6. The molecule has 1 heterocycles. The van der Waals surface area contributed by atoms with E-state index in [9.17, 15) is 14.7 Å². The highest BCUT2D eigenvalue weighted by atomic mass is 16.6. The Balaban J connectivity index is 2.23. The van der Waals surface area contributed by atoms with Gasteiger partial charge in [-0.1, -0.05) is 12.1 Å². The average molecular weight is 274 g/mol. The van der Waals surface area contributed by atoms with E-state index in [0.29, 0.717) is 23.3 Å².